The summed E-state index contributed by atoms with van der Waals surface area (Å²) in [6.07, 6.45) is 3.01. The lowest BCUT2D eigenvalue weighted by molar-refractivity contribution is -0.127. The van der Waals surface area contributed by atoms with Gasteiger partial charge in [0.05, 0.1) is 18.2 Å². The molecule has 0 radical (unpaired) electrons. The zero-order valence-electron chi connectivity index (χ0n) is 27.9. The average Bonchev–Trinajstić information content (AvgIpc) is 3.39. The Hall–Kier alpha value is -3.73. The molecule has 1 spiro atoms. The summed E-state index contributed by atoms with van der Waals surface area (Å²) in [5.74, 6) is 1.11. The Labute approximate surface area is 285 Å². The quantitative estimate of drug-likeness (QED) is 0.239. The molecule has 0 atom stereocenters. The second-order valence-electron chi connectivity index (χ2n) is 14.6. The van der Waals surface area contributed by atoms with Crippen molar-refractivity contribution < 1.29 is 21.6 Å². The van der Waals surface area contributed by atoms with Crippen LogP contribution < -0.4 is 9.62 Å². The van der Waals surface area contributed by atoms with E-state index in [1.807, 2.05) is 6.07 Å². The number of nitriles is 1. The zero-order chi connectivity index (χ0) is 34.6. The summed E-state index contributed by atoms with van der Waals surface area (Å²) >= 11 is 0. The molecule has 13 heteroatoms. The molecule has 9 nitrogen and oxygen atoms in total. The van der Waals surface area contributed by atoms with Crippen molar-refractivity contribution >= 4 is 37.6 Å². The molecule has 7 rings (SSSR count). The monoisotopic (exact) mass is 693 g/mol. The van der Waals surface area contributed by atoms with E-state index in [0.29, 0.717) is 28.3 Å². The van der Waals surface area contributed by atoms with Gasteiger partial charge >= 0.3 is 6.18 Å². The first kappa shape index (κ1) is 33.8. The number of hydrogen-bond donors (Lipinski definition) is 1. The van der Waals surface area contributed by atoms with Gasteiger partial charge in [0.2, 0.25) is 10.0 Å². The van der Waals surface area contributed by atoms with Crippen molar-refractivity contribution in [2.75, 3.05) is 37.3 Å². The number of benzene rings is 2. The molecular weight excluding hydrogens is 652 g/mol. The van der Waals surface area contributed by atoms with E-state index < -0.39 is 22.6 Å². The summed E-state index contributed by atoms with van der Waals surface area (Å²) in [7, 11) is -3.21. The molecule has 3 aliphatic rings. The van der Waals surface area contributed by atoms with Crippen LogP contribution in [0, 0.1) is 29.6 Å². The first-order chi connectivity index (χ1) is 23.3. The molecule has 49 heavy (non-hydrogen) atoms. The van der Waals surface area contributed by atoms with E-state index in [-0.39, 0.29) is 17.0 Å². The van der Waals surface area contributed by atoms with Crippen LogP contribution in [0.1, 0.15) is 60.9 Å². The highest BCUT2D eigenvalue weighted by Gasteiger charge is 2.45. The molecule has 0 unspecified atom stereocenters. The zero-order valence-corrected chi connectivity index (χ0v) is 28.7. The van der Waals surface area contributed by atoms with Gasteiger partial charge in [0.25, 0.3) is 0 Å². The van der Waals surface area contributed by atoms with Crippen LogP contribution in [0.5, 0.6) is 0 Å². The van der Waals surface area contributed by atoms with E-state index in [9.17, 15) is 26.9 Å². The number of rotatable bonds is 8. The molecule has 1 N–H and O–H groups in total. The fourth-order valence-corrected chi connectivity index (χ4v) is 9.19. The highest BCUT2D eigenvalue weighted by atomic mass is 32.2. The van der Waals surface area contributed by atoms with Gasteiger partial charge in [-0.05, 0) is 105 Å². The van der Waals surface area contributed by atoms with Gasteiger partial charge in [0.15, 0.2) is 0 Å². The van der Waals surface area contributed by atoms with Crippen LogP contribution in [-0.4, -0.2) is 72.5 Å². The Bertz CT molecular complexity index is 2010. The van der Waals surface area contributed by atoms with E-state index in [2.05, 4.69) is 54.2 Å². The molecule has 2 saturated heterocycles. The second kappa shape index (κ2) is 12.9. The third kappa shape index (κ3) is 7.28. The second-order valence-corrected chi connectivity index (χ2v) is 16.4. The molecule has 2 aromatic carbocycles. The lowest BCUT2D eigenvalue weighted by Gasteiger charge is -2.54. The molecule has 0 bridgehead atoms. The van der Waals surface area contributed by atoms with Gasteiger partial charge in [-0.1, -0.05) is 12.1 Å². The molecule has 4 aromatic rings. The first-order valence-corrected chi connectivity index (χ1v) is 18.9. The summed E-state index contributed by atoms with van der Waals surface area (Å²) in [6, 6.07) is 13.5. The Morgan fingerprint density at radius 1 is 1.02 bits per heavy atom. The van der Waals surface area contributed by atoms with Gasteiger partial charge in [0.1, 0.15) is 23.9 Å². The van der Waals surface area contributed by atoms with E-state index >= 15 is 0 Å². The fraction of sp³-hybridized carbons (Fsp3) is 0.528. The van der Waals surface area contributed by atoms with Gasteiger partial charge < -0.3 is 9.47 Å². The maximum absolute atomic E-state index is 13.1. The Kier molecular flexibility index (Phi) is 8.86. The molecule has 260 valence electrons. The summed E-state index contributed by atoms with van der Waals surface area (Å²) in [4.78, 5) is 13.5. The van der Waals surface area contributed by atoms with Crippen molar-refractivity contribution in [3.63, 3.8) is 0 Å². The summed E-state index contributed by atoms with van der Waals surface area (Å²) in [5.41, 5.74) is 5.24. The van der Waals surface area contributed by atoms with Crippen LogP contribution in [0.4, 0.5) is 19.0 Å². The van der Waals surface area contributed by atoms with Crippen molar-refractivity contribution in [3.05, 3.63) is 65.1 Å². The number of nitrogens with zero attached hydrogens (tertiary/aromatic N) is 6. The number of alkyl halides is 3. The van der Waals surface area contributed by atoms with Gasteiger partial charge in [-0.2, -0.15) is 18.4 Å². The number of aryl methyl sites for hydroxylation is 1. The van der Waals surface area contributed by atoms with Crippen molar-refractivity contribution in [1.29, 1.82) is 5.26 Å². The van der Waals surface area contributed by atoms with Gasteiger partial charge in [-0.3, -0.25) is 4.90 Å². The number of fused-ring (bicyclic) bond motifs is 2. The van der Waals surface area contributed by atoms with Crippen LogP contribution in [0.15, 0.2) is 42.7 Å². The minimum Gasteiger partial charge on any atom is -0.355 e. The van der Waals surface area contributed by atoms with Crippen molar-refractivity contribution in [3.8, 4) is 6.07 Å². The minimum atomic E-state index is -4.27. The number of aromatic nitrogens is 3. The Morgan fingerprint density at radius 3 is 2.43 bits per heavy atom. The van der Waals surface area contributed by atoms with Crippen LogP contribution in [0.3, 0.4) is 0 Å². The van der Waals surface area contributed by atoms with E-state index in [0.717, 1.165) is 88.7 Å². The SMILES string of the molecule is Cc1c(CN2CCC3(CC2)CN(c2ncnc4ccc(CC(F)(F)F)cc24)C3)ccc2c1cc(C#N)n2CC1CCC(NS(C)(=O)=O)CC1. The third-order valence-electron chi connectivity index (χ3n) is 11.0. The molecule has 1 saturated carbocycles. The van der Waals surface area contributed by atoms with Crippen LogP contribution >= 0.6 is 0 Å². The minimum absolute atomic E-state index is 0.0114. The van der Waals surface area contributed by atoms with Crippen LogP contribution in [0.2, 0.25) is 0 Å². The van der Waals surface area contributed by atoms with Gasteiger partial charge in [-0.15, -0.1) is 0 Å². The molecule has 1 aliphatic carbocycles. The van der Waals surface area contributed by atoms with Crippen molar-refractivity contribution in [2.45, 2.75) is 77.2 Å². The van der Waals surface area contributed by atoms with Crippen molar-refractivity contribution in [2.24, 2.45) is 11.3 Å². The van der Waals surface area contributed by atoms with E-state index in [1.54, 1.807) is 12.1 Å². The normalized spacial score (nSPS) is 21.7. The maximum Gasteiger partial charge on any atom is 0.393 e. The number of piperidine rings is 1. The number of nitrogens with one attached hydrogen (secondary N) is 1. The molecule has 2 aliphatic heterocycles. The summed E-state index contributed by atoms with van der Waals surface area (Å²) < 4.78 is 67.4. The predicted molar refractivity (Wildman–Crippen MR) is 184 cm³/mol. The molecule has 2 aromatic heterocycles. The highest BCUT2D eigenvalue weighted by Crippen LogP contribution is 2.44. The molecule has 4 heterocycles. The lowest BCUT2D eigenvalue weighted by atomic mass is 9.72. The highest BCUT2D eigenvalue weighted by molar-refractivity contribution is 7.88. The lowest BCUT2D eigenvalue weighted by Crippen LogP contribution is -2.60. The van der Waals surface area contributed by atoms with Crippen molar-refractivity contribution in [1.82, 2.24) is 24.2 Å². The van der Waals surface area contributed by atoms with Crippen LogP contribution in [-0.2, 0) is 29.5 Å². The number of likely N-dealkylation sites (tertiary alicyclic amines) is 1. The van der Waals surface area contributed by atoms with Crippen LogP contribution in [0.25, 0.3) is 21.8 Å². The van der Waals surface area contributed by atoms with E-state index in [1.165, 1.54) is 29.8 Å². The molecule has 0 amide bonds. The number of halogens is 3. The number of sulfonamides is 1. The maximum atomic E-state index is 13.1. The summed E-state index contributed by atoms with van der Waals surface area (Å²) in [6.45, 7) is 7.34. The smallest absolute Gasteiger partial charge is 0.355 e. The van der Waals surface area contributed by atoms with Gasteiger partial charge in [-0.25, -0.2) is 23.1 Å². The summed E-state index contributed by atoms with van der Waals surface area (Å²) in [5, 5.41) is 11.8. The number of anilines is 1. The van der Waals surface area contributed by atoms with Gasteiger partial charge in [0, 0.05) is 53.9 Å². The number of hydrogen-bond acceptors (Lipinski definition) is 7. The Balaban J connectivity index is 0.976. The largest absolute Gasteiger partial charge is 0.393 e. The topological polar surface area (TPSA) is 107 Å². The third-order valence-corrected chi connectivity index (χ3v) is 11.8. The predicted octanol–water partition coefficient (Wildman–Crippen LogP) is 6.08. The fourth-order valence-electron chi connectivity index (χ4n) is 8.35. The first-order valence-electron chi connectivity index (χ1n) is 17.0. The Morgan fingerprint density at radius 2 is 1.76 bits per heavy atom. The average molecular weight is 694 g/mol. The molecular formula is C36H42F3N7O2S. The van der Waals surface area contributed by atoms with E-state index in [4.69, 9.17) is 0 Å². The standard InChI is InChI=1S/C36H42F3N7O2S/c1-24-27(6-10-33-30(24)16-29(18-40)46(33)19-25-3-7-28(8-4-25)43-49(2,47)48)20-44-13-11-35(12-14-44)21-45(22-35)34-31-15-26(17-36(37,38)39)5-9-32(31)41-23-42-34/h5-6,9-10,15-16,23,25,28,43H,3-4,7-8,11-14,17,19-22H2,1-2H3. The molecule has 3 fully saturated rings.